The van der Waals surface area contributed by atoms with Gasteiger partial charge in [-0.25, -0.2) is 9.78 Å². The Balaban J connectivity index is 2.06. The lowest BCUT2D eigenvalue weighted by molar-refractivity contribution is 0.0915. The van der Waals surface area contributed by atoms with Crippen molar-refractivity contribution >= 4 is 29.0 Å². The van der Waals surface area contributed by atoms with Gasteiger partial charge in [-0.15, -0.1) is 11.3 Å². The van der Waals surface area contributed by atoms with Crippen molar-refractivity contribution in [3.05, 3.63) is 45.9 Å². The number of benzene rings is 1. The molecule has 2 aromatic rings. The molecule has 2 rings (SSSR count). The van der Waals surface area contributed by atoms with Gasteiger partial charge in [0.1, 0.15) is 10.7 Å². The molecule has 0 radical (unpaired) electrons. The van der Waals surface area contributed by atoms with Gasteiger partial charge in [-0.3, -0.25) is 4.79 Å². The summed E-state index contributed by atoms with van der Waals surface area (Å²) in [4.78, 5) is 31.2. The van der Waals surface area contributed by atoms with Gasteiger partial charge in [-0.1, -0.05) is 26.0 Å². The van der Waals surface area contributed by atoms with E-state index in [9.17, 15) is 9.59 Å². The molecule has 0 aliphatic rings. The number of amides is 3. The fraction of sp³-hybridized carbons (Fsp3) is 0.500. The van der Waals surface area contributed by atoms with Gasteiger partial charge < -0.3 is 20.3 Å². The van der Waals surface area contributed by atoms with Crippen molar-refractivity contribution in [1.82, 2.24) is 15.2 Å². The third kappa shape index (κ3) is 7.42. The van der Waals surface area contributed by atoms with Gasteiger partial charge in [-0.2, -0.15) is 0 Å². The van der Waals surface area contributed by atoms with Crippen LogP contribution in [0.5, 0.6) is 0 Å². The summed E-state index contributed by atoms with van der Waals surface area (Å²) in [7, 11) is 1.60. The zero-order chi connectivity index (χ0) is 22.3. The van der Waals surface area contributed by atoms with E-state index >= 15 is 0 Å². The number of nitrogens with one attached hydrogen (secondary N) is 2. The van der Waals surface area contributed by atoms with E-state index in [4.69, 9.17) is 4.74 Å². The molecule has 8 heteroatoms. The lowest BCUT2D eigenvalue weighted by Gasteiger charge is -2.22. The molecule has 30 heavy (non-hydrogen) atoms. The van der Waals surface area contributed by atoms with Crippen LogP contribution in [0.25, 0.3) is 0 Å². The number of carbonyl (C=O) groups excluding carboxylic acids is 2. The molecular weight excluding hydrogens is 400 g/mol. The number of hydrogen-bond donors (Lipinski definition) is 2. The van der Waals surface area contributed by atoms with Gasteiger partial charge in [0.05, 0.1) is 13.2 Å². The van der Waals surface area contributed by atoms with Crippen molar-refractivity contribution in [2.75, 3.05) is 25.6 Å². The Bertz CT molecular complexity index is 841. The number of urea groups is 1. The SMILES string of the molecule is COCCN(Cc1nc(C(=O)NC(C)(C)C)cs1)C(=O)Nc1ccc(C(C)C)cc1. The molecular formula is C22H32N4O3S. The number of ether oxygens (including phenoxy) is 1. The van der Waals surface area contributed by atoms with Crippen LogP contribution in [0.2, 0.25) is 0 Å². The molecule has 0 atom stereocenters. The Kier molecular flexibility index (Phi) is 8.37. The van der Waals surface area contributed by atoms with E-state index in [0.29, 0.717) is 36.3 Å². The van der Waals surface area contributed by atoms with Gasteiger partial charge in [0.2, 0.25) is 0 Å². The first kappa shape index (κ1) is 23.8. The van der Waals surface area contributed by atoms with E-state index < -0.39 is 0 Å². The monoisotopic (exact) mass is 432 g/mol. The average Bonchev–Trinajstić information content (AvgIpc) is 3.13. The molecule has 7 nitrogen and oxygen atoms in total. The first-order valence-electron chi connectivity index (χ1n) is 10.0. The predicted molar refractivity (Wildman–Crippen MR) is 121 cm³/mol. The Labute approximate surface area is 182 Å². The smallest absolute Gasteiger partial charge is 0.322 e. The maximum Gasteiger partial charge on any atom is 0.322 e. The molecule has 0 bridgehead atoms. The molecule has 0 spiro atoms. The third-order valence-electron chi connectivity index (χ3n) is 4.28. The minimum absolute atomic E-state index is 0.219. The second-order valence-electron chi connectivity index (χ2n) is 8.45. The number of rotatable bonds is 8. The van der Waals surface area contributed by atoms with E-state index in [2.05, 4.69) is 29.5 Å². The van der Waals surface area contributed by atoms with Crippen LogP contribution in [0.1, 0.15) is 61.6 Å². The lowest BCUT2D eigenvalue weighted by Crippen LogP contribution is -2.40. The maximum absolute atomic E-state index is 12.8. The summed E-state index contributed by atoms with van der Waals surface area (Å²) in [5.41, 5.74) is 1.97. The molecule has 1 aromatic heterocycles. The van der Waals surface area contributed by atoms with Crippen LogP contribution in [-0.4, -0.2) is 47.6 Å². The van der Waals surface area contributed by atoms with Crippen molar-refractivity contribution in [3.8, 4) is 0 Å². The fourth-order valence-corrected chi connectivity index (χ4v) is 3.45. The second-order valence-corrected chi connectivity index (χ2v) is 9.39. The van der Waals surface area contributed by atoms with Crippen molar-refractivity contribution < 1.29 is 14.3 Å². The summed E-state index contributed by atoms with van der Waals surface area (Å²) in [5, 5.41) is 8.23. The van der Waals surface area contributed by atoms with Crippen LogP contribution in [-0.2, 0) is 11.3 Å². The summed E-state index contributed by atoms with van der Waals surface area (Å²) < 4.78 is 5.15. The third-order valence-corrected chi connectivity index (χ3v) is 5.11. The zero-order valence-electron chi connectivity index (χ0n) is 18.6. The van der Waals surface area contributed by atoms with Crippen LogP contribution in [0, 0.1) is 0 Å². The van der Waals surface area contributed by atoms with Crippen molar-refractivity contribution in [3.63, 3.8) is 0 Å². The number of anilines is 1. The maximum atomic E-state index is 12.8. The molecule has 0 unspecified atom stereocenters. The Hall–Kier alpha value is -2.45. The predicted octanol–water partition coefficient (Wildman–Crippen LogP) is 4.48. The lowest BCUT2D eigenvalue weighted by atomic mass is 10.0. The summed E-state index contributed by atoms with van der Waals surface area (Å²) in [6, 6.07) is 7.60. The van der Waals surface area contributed by atoms with E-state index in [1.165, 1.54) is 16.9 Å². The highest BCUT2D eigenvalue weighted by Crippen LogP contribution is 2.18. The minimum atomic E-state index is -0.337. The zero-order valence-corrected chi connectivity index (χ0v) is 19.4. The van der Waals surface area contributed by atoms with Gasteiger partial charge in [0, 0.05) is 30.3 Å². The Morgan fingerprint density at radius 3 is 2.43 bits per heavy atom. The number of hydrogen-bond acceptors (Lipinski definition) is 5. The fourth-order valence-electron chi connectivity index (χ4n) is 2.66. The first-order chi connectivity index (χ1) is 14.1. The first-order valence-corrected chi connectivity index (χ1v) is 10.9. The summed E-state index contributed by atoms with van der Waals surface area (Å²) >= 11 is 1.36. The van der Waals surface area contributed by atoms with Gasteiger partial charge >= 0.3 is 6.03 Å². The number of thiazole rings is 1. The van der Waals surface area contributed by atoms with Crippen LogP contribution in [0.3, 0.4) is 0 Å². The van der Waals surface area contributed by atoms with Crippen LogP contribution in [0.4, 0.5) is 10.5 Å². The Morgan fingerprint density at radius 1 is 1.20 bits per heavy atom. The average molecular weight is 433 g/mol. The van der Waals surface area contributed by atoms with Crippen molar-refractivity contribution in [1.29, 1.82) is 0 Å². The highest BCUT2D eigenvalue weighted by Gasteiger charge is 2.20. The van der Waals surface area contributed by atoms with Gasteiger partial charge in [0.15, 0.2) is 0 Å². The number of methoxy groups -OCH3 is 1. The number of carbonyl (C=O) groups is 2. The van der Waals surface area contributed by atoms with E-state index in [1.54, 1.807) is 17.4 Å². The van der Waals surface area contributed by atoms with Crippen molar-refractivity contribution in [2.24, 2.45) is 0 Å². The molecule has 0 aliphatic heterocycles. The summed E-state index contributed by atoms with van der Waals surface area (Å²) in [6.07, 6.45) is 0. The van der Waals surface area contributed by atoms with E-state index in [1.807, 2.05) is 45.0 Å². The van der Waals surface area contributed by atoms with Crippen LogP contribution >= 0.6 is 11.3 Å². The van der Waals surface area contributed by atoms with Crippen LogP contribution < -0.4 is 10.6 Å². The van der Waals surface area contributed by atoms with E-state index in [-0.39, 0.29) is 17.5 Å². The quantitative estimate of drug-likeness (QED) is 0.644. The molecule has 0 fully saturated rings. The molecule has 1 aromatic carbocycles. The largest absolute Gasteiger partial charge is 0.383 e. The van der Waals surface area contributed by atoms with Gasteiger partial charge in [-0.05, 0) is 44.4 Å². The highest BCUT2D eigenvalue weighted by molar-refractivity contribution is 7.09. The minimum Gasteiger partial charge on any atom is -0.383 e. The second kappa shape index (κ2) is 10.5. The number of aromatic nitrogens is 1. The molecule has 2 N–H and O–H groups in total. The standard InChI is InChI=1S/C22H32N4O3S/c1-15(2)16-7-9-17(10-8-16)23-21(28)26(11-12-29-6)13-19-24-18(14-30-19)20(27)25-22(3,4)5/h7-10,14-15H,11-13H2,1-6H3,(H,23,28)(H,25,27). The van der Waals surface area contributed by atoms with Gasteiger partial charge in [0.25, 0.3) is 5.91 Å². The molecule has 0 saturated carbocycles. The van der Waals surface area contributed by atoms with E-state index in [0.717, 1.165) is 5.69 Å². The number of nitrogens with zero attached hydrogens (tertiary/aromatic N) is 2. The Morgan fingerprint density at radius 2 is 1.87 bits per heavy atom. The van der Waals surface area contributed by atoms with Crippen molar-refractivity contribution in [2.45, 2.75) is 52.6 Å². The molecule has 0 saturated heterocycles. The topological polar surface area (TPSA) is 83.6 Å². The molecule has 164 valence electrons. The molecule has 0 aliphatic carbocycles. The van der Waals surface area contributed by atoms with Crippen LogP contribution in [0.15, 0.2) is 29.6 Å². The summed E-state index contributed by atoms with van der Waals surface area (Å²) in [5.74, 6) is 0.214. The molecule has 1 heterocycles. The normalized spacial score (nSPS) is 11.4. The molecule has 3 amide bonds. The summed E-state index contributed by atoms with van der Waals surface area (Å²) in [6.45, 7) is 11.1. The highest BCUT2D eigenvalue weighted by atomic mass is 32.1.